The van der Waals surface area contributed by atoms with E-state index in [0.717, 1.165) is 29.6 Å². The van der Waals surface area contributed by atoms with Gasteiger partial charge in [-0.25, -0.2) is 0 Å². The molecule has 4 rings (SSSR count). The minimum absolute atomic E-state index is 0.436. The van der Waals surface area contributed by atoms with Crippen LogP contribution in [0.4, 0.5) is 0 Å². The Morgan fingerprint density at radius 2 is 1.79 bits per heavy atom. The average Bonchev–Trinajstić information content (AvgIpc) is 3.05. The predicted molar refractivity (Wildman–Crippen MR) is 124 cm³/mol. The summed E-state index contributed by atoms with van der Waals surface area (Å²) >= 11 is 0. The van der Waals surface area contributed by atoms with Gasteiger partial charge in [-0.15, -0.1) is 0 Å². The van der Waals surface area contributed by atoms with Crippen LogP contribution < -0.4 is 0 Å². The molecule has 0 aliphatic heterocycles. The molecule has 3 saturated carbocycles. The van der Waals surface area contributed by atoms with Crippen molar-refractivity contribution in [2.24, 2.45) is 46.3 Å². The second-order valence-electron chi connectivity index (χ2n) is 12.3. The molecule has 0 aromatic carbocycles. The highest BCUT2D eigenvalue weighted by Gasteiger charge is 2.58. The van der Waals surface area contributed by atoms with Crippen molar-refractivity contribution in [2.75, 3.05) is 7.11 Å². The highest BCUT2D eigenvalue weighted by atomic mass is 16.5. The Morgan fingerprint density at radius 3 is 2.52 bits per heavy atom. The van der Waals surface area contributed by atoms with E-state index in [0.29, 0.717) is 22.9 Å². The number of ether oxygens (including phenoxy) is 1. The summed E-state index contributed by atoms with van der Waals surface area (Å²) in [5, 5.41) is 0. The summed E-state index contributed by atoms with van der Waals surface area (Å²) in [6.45, 7) is 12.6. The first-order valence-electron chi connectivity index (χ1n) is 13.0. The molecule has 8 unspecified atom stereocenters. The molecule has 0 heterocycles. The molecular weight excluding hydrogens is 352 g/mol. The molecule has 0 saturated heterocycles. The van der Waals surface area contributed by atoms with Gasteiger partial charge in [-0.3, -0.25) is 0 Å². The van der Waals surface area contributed by atoms with E-state index >= 15 is 0 Å². The van der Waals surface area contributed by atoms with Gasteiger partial charge >= 0.3 is 0 Å². The first-order valence-corrected chi connectivity index (χ1v) is 13.0. The van der Waals surface area contributed by atoms with Crippen LogP contribution in [0.5, 0.6) is 0 Å². The first kappa shape index (κ1) is 21.9. The molecule has 4 aliphatic rings. The summed E-state index contributed by atoms with van der Waals surface area (Å²) in [7, 11) is 1.90. The Kier molecular flexibility index (Phi) is 6.29. The molecule has 0 aromatic rings. The molecule has 3 fully saturated rings. The van der Waals surface area contributed by atoms with E-state index < -0.39 is 0 Å². The molecular formula is C28H48O. The maximum absolute atomic E-state index is 5.78. The zero-order valence-electron chi connectivity index (χ0n) is 20.3. The Hall–Kier alpha value is -0.300. The standard InChI is InChI=1S/C28H48O/c1-19(2)26(29-6)15-10-20(3)23-13-14-24-22-12-11-21-9-7-8-17-27(21,4)25(22)16-18-28(23,24)5/h11,19-20,22-26H,7-10,12-18H2,1-6H3. The second-order valence-corrected chi connectivity index (χ2v) is 12.3. The minimum Gasteiger partial charge on any atom is -0.381 e. The third-order valence-corrected chi connectivity index (χ3v) is 10.7. The van der Waals surface area contributed by atoms with Crippen molar-refractivity contribution in [1.29, 1.82) is 0 Å². The van der Waals surface area contributed by atoms with Crippen LogP contribution in [0.2, 0.25) is 0 Å². The Morgan fingerprint density at radius 1 is 1.00 bits per heavy atom. The second kappa shape index (κ2) is 8.33. The molecule has 0 N–H and O–H groups in total. The smallest absolute Gasteiger partial charge is 0.0594 e. The molecule has 0 aromatic heterocycles. The summed E-state index contributed by atoms with van der Waals surface area (Å²) in [4.78, 5) is 0. The normalized spacial score (nSPS) is 43.9. The van der Waals surface area contributed by atoms with Crippen LogP contribution in [0, 0.1) is 46.3 Å². The fraction of sp³-hybridized carbons (Fsp3) is 0.929. The fourth-order valence-electron chi connectivity index (χ4n) is 9.03. The maximum Gasteiger partial charge on any atom is 0.0594 e. The van der Waals surface area contributed by atoms with Gasteiger partial charge in [0.15, 0.2) is 0 Å². The van der Waals surface area contributed by atoms with Crippen molar-refractivity contribution in [1.82, 2.24) is 0 Å². The zero-order valence-corrected chi connectivity index (χ0v) is 20.3. The van der Waals surface area contributed by atoms with Crippen molar-refractivity contribution in [3.8, 4) is 0 Å². The van der Waals surface area contributed by atoms with E-state index in [4.69, 9.17) is 4.74 Å². The third kappa shape index (κ3) is 3.66. The molecule has 0 spiro atoms. The van der Waals surface area contributed by atoms with Crippen LogP contribution in [-0.4, -0.2) is 13.2 Å². The molecule has 0 bridgehead atoms. The lowest BCUT2D eigenvalue weighted by atomic mass is 9.47. The molecule has 1 nitrogen and oxygen atoms in total. The topological polar surface area (TPSA) is 9.23 Å². The number of hydrogen-bond acceptors (Lipinski definition) is 1. The zero-order chi connectivity index (χ0) is 20.8. The van der Waals surface area contributed by atoms with Gasteiger partial charge in [0, 0.05) is 7.11 Å². The number of allylic oxidation sites excluding steroid dienone is 2. The highest BCUT2D eigenvalue weighted by Crippen LogP contribution is 2.67. The Labute approximate surface area is 181 Å². The quantitative estimate of drug-likeness (QED) is 0.410. The van der Waals surface area contributed by atoms with Crippen LogP contribution in [0.1, 0.15) is 105 Å². The van der Waals surface area contributed by atoms with Gasteiger partial charge in [0.1, 0.15) is 0 Å². The average molecular weight is 401 g/mol. The number of rotatable bonds is 6. The van der Waals surface area contributed by atoms with Crippen molar-refractivity contribution < 1.29 is 4.74 Å². The lowest BCUT2D eigenvalue weighted by Gasteiger charge is -2.58. The van der Waals surface area contributed by atoms with E-state index in [9.17, 15) is 0 Å². The SMILES string of the molecule is COC(CCC(C)C1CCC2C3CC=C4CCCCC4(C)C3CCC12C)C(C)C. The van der Waals surface area contributed by atoms with Gasteiger partial charge in [0.25, 0.3) is 0 Å². The number of hydrogen-bond donors (Lipinski definition) is 0. The van der Waals surface area contributed by atoms with Crippen LogP contribution >= 0.6 is 0 Å². The van der Waals surface area contributed by atoms with E-state index in [-0.39, 0.29) is 0 Å². The van der Waals surface area contributed by atoms with Gasteiger partial charge in [-0.1, -0.05) is 52.7 Å². The summed E-state index contributed by atoms with van der Waals surface area (Å²) in [6, 6.07) is 0. The fourth-order valence-corrected chi connectivity index (χ4v) is 9.03. The number of fused-ring (bicyclic) bond motifs is 5. The highest BCUT2D eigenvalue weighted by molar-refractivity contribution is 5.24. The third-order valence-electron chi connectivity index (χ3n) is 10.7. The summed E-state index contributed by atoms with van der Waals surface area (Å²) < 4.78 is 5.78. The molecule has 1 heteroatoms. The van der Waals surface area contributed by atoms with E-state index in [1.165, 1.54) is 70.6 Å². The van der Waals surface area contributed by atoms with Crippen LogP contribution in [-0.2, 0) is 4.74 Å². The van der Waals surface area contributed by atoms with Crippen LogP contribution in [0.25, 0.3) is 0 Å². The lowest BCUT2D eigenvalue weighted by Crippen LogP contribution is -2.50. The van der Waals surface area contributed by atoms with Gasteiger partial charge < -0.3 is 4.74 Å². The van der Waals surface area contributed by atoms with Gasteiger partial charge in [-0.05, 0) is 111 Å². The van der Waals surface area contributed by atoms with Crippen molar-refractivity contribution >= 4 is 0 Å². The monoisotopic (exact) mass is 400 g/mol. The molecule has 8 atom stereocenters. The van der Waals surface area contributed by atoms with Crippen molar-refractivity contribution in [3.05, 3.63) is 11.6 Å². The molecule has 0 radical (unpaired) electrons. The summed E-state index contributed by atoms with van der Waals surface area (Å²) in [6.07, 6.45) is 18.9. The van der Waals surface area contributed by atoms with Gasteiger partial charge in [0.05, 0.1) is 6.10 Å². The van der Waals surface area contributed by atoms with E-state index in [1.54, 1.807) is 0 Å². The molecule has 4 aliphatic carbocycles. The lowest BCUT2D eigenvalue weighted by molar-refractivity contribution is -0.0513. The number of methoxy groups -OCH3 is 1. The summed E-state index contributed by atoms with van der Waals surface area (Å²) in [5.41, 5.74) is 3.00. The van der Waals surface area contributed by atoms with Gasteiger partial charge in [0.2, 0.25) is 0 Å². The predicted octanol–water partition coefficient (Wildman–Crippen LogP) is 8.04. The molecule has 0 amide bonds. The van der Waals surface area contributed by atoms with E-state index in [1.807, 2.05) is 12.7 Å². The molecule has 166 valence electrons. The Bertz CT molecular complexity index is 605. The maximum atomic E-state index is 5.78. The van der Waals surface area contributed by atoms with Crippen LogP contribution in [0.15, 0.2) is 11.6 Å². The molecule has 29 heavy (non-hydrogen) atoms. The van der Waals surface area contributed by atoms with Crippen molar-refractivity contribution in [3.63, 3.8) is 0 Å². The minimum atomic E-state index is 0.436. The van der Waals surface area contributed by atoms with E-state index in [2.05, 4.69) is 40.7 Å². The van der Waals surface area contributed by atoms with Gasteiger partial charge in [-0.2, -0.15) is 0 Å². The Balaban J connectivity index is 1.47. The summed E-state index contributed by atoms with van der Waals surface area (Å²) in [5.74, 6) is 5.34. The first-order chi connectivity index (χ1) is 13.8. The van der Waals surface area contributed by atoms with Crippen molar-refractivity contribution in [2.45, 2.75) is 111 Å². The largest absolute Gasteiger partial charge is 0.381 e. The van der Waals surface area contributed by atoms with Crippen LogP contribution in [0.3, 0.4) is 0 Å².